The van der Waals surface area contributed by atoms with Gasteiger partial charge in [-0.15, -0.1) is 10.2 Å². The molecule has 1 unspecified atom stereocenters. The summed E-state index contributed by atoms with van der Waals surface area (Å²) in [6, 6.07) is 1.91. The van der Waals surface area contributed by atoms with E-state index in [0.29, 0.717) is 31.2 Å². The van der Waals surface area contributed by atoms with E-state index in [2.05, 4.69) is 20.6 Å². The highest BCUT2D eigenvalue weighted by Gasteiger charge is 2.17. The van der Waals surface area contributed by atoms with Crippen LogP contribution < -0.4 is 5.32 Å². The number of aryl methyl sites for hydroxylation is 3. The molecule has 2 aromatic heterocycles. The van der Waals surface area contributed by atoms with E-state index in [9.17, 15) is 4.79 Å². The molecule has 1 fully saturated rings. The second kappa shape index (κ2) is 7.57. The fourth-order valence-electron chi connectivity index (χ4n) is 2.76. The van der Waals surface area contributed by atoms with Gasteiger partial charge in [0, 0.05) is 32.5 Å². The average Bonchev–Trinajstić information content (AvgIpc) is 3.31. The van der Waals surface area contributed by atoms with Gasteiger partial charge in [0.2, 0.25) is 11.8 Å². The number of nitrogens with zero attached hydrogens (tertiary/aromatic N) is 4. The zero-order chi connectivity index (χ0) is 16.9. The van der Waals surface area contributed by atoms with Crippen LogP contribution in [0, 0.1) is 6.92 Å². The second-order valence-electron chi connectivity index (χ2n) is 5.93. The van der Waals surface area contributed by atoms with E-state index < -0.39 is 0 Å². The Hall–Kier alpha value is -2.22. The monoisotopic (exact) mass is 333 g/mol. The lowest BCUT2D eigenvalue weighted by molar-refractivity contribution is -0.121. The Kier molecular flexibility index (Phi) is 5.24. The Morgan fingerprint density at radius 2 is 2.33 bits per heavy atom. The van der Waals surface area contributed by atoms with Crippen molar-refractivity contribution in [2.24, 2.45) is 0 Å². The first-order chi connectivity index (χ1) is 11.7. The Labute approximate surface area is 140 Å². The van der Waals surface area contributed by atoms with E-state index in [4.69, 9.17) is 9.15 Å². The summed E-state index contributed by atoms with van der Waals surface area (Å²) in [4.78, 5) is 11.9. The maximum atomic E-state index is 11.9. The van der Waals surface area contributed by atoms with Gasteiger partial charge in [-0.1, -0.05) is 0 Å². The molecule has 1 aliphatic rings. The topological polar surface area (TPSA) is 95.1 Å². The van der Waals surface area contributed by atoms with Crippen LogP contribution in [0.3, 0.4) is 0 Å². The van der Waals surface area contributed by atoms with Crippen LogP contribution in [-0.4, -0.2) is 45.1 Å². The first kappa shape index (κ1) is 16.6. The van der Waals surface area contributed by atoms with Crippen molar-refractivity contribution in [3.05, 3.63) is 17.7 Å². The van der Waals surface area contributed by atoms with Gasteiger partial charge in [-0.2, -0.15) is 5.10 Å². The normalized spacial score (nSPS) is 17.3. The molecule has 0 bridgehead atoms. The molecule has 1 aliphatic heterocycles. The molecule has 3 rings (SSSR count). The molecule has 8 nitrogen and oxygen atoms in total. The van der Waals surface area contributed by atoms with Gasteiger partial charge in [0.1, 0.15) is 5.69 Å². The average molecular weight is 333 g/mol. The molecule has 8 heteroatoms. The standard InChI is InChI=1S/C16H23N5O3/c1-3-21-13(9-11(2)20-21)16-19-18-15(24-16)7-6-14(22)17-10-12-5-4-8-23-12/h9,12H,3-8,10H2,1-2H3,(H,17,22). The van der Waals surface area contributed by atoms with Gasteiger partial charge in [-0.25, -0.2) is 0 Å². The second-order valence-corrected chi connectivity index (χ2v) is 5.93. The minimum atomic E-state index is -0.0281. The third-order valence-electron chi connectivity index (χ3n) is 4.00. The van der Waals surface area contributed by atoms with Gasteiger partial charge in [-0.05, 0) is 32.8 Å². The minimum Gasteiger partial charge on any atom is -0.419 e. The van der Waals surface area contributed by atoms with Crippen molar-refractivity contribution < 1.29 is 13.9 Å². The summed E-state index contributed by atoms with van der Waals surface area (Å²) in [7, 11) is 0. The first-order valence-corrected chi connectivity index (χ1v) is 8.41. The molecular formula is C16H23N5O3. The maximum absolute atomic E-state index is 11.9. The maximum Gasteiger partial charge on any atom is 0.265 e. The number of amides is 1. The summed E-state index contributed by atoms with van der Waals surface area (Å²) in [5, 5.41) is 15.3. The number of nitrogens with one attached hydrogen (secondary N) is 1. The molecule has 3 heterocycles. The number of aromatic nitrogens is 4. The fraction of sp³-hybridized carbons (Fsp3) is 0.625. The fourth-order valence-corrected chi connectivity index (χ4v) is 2.76. The van der Waals surface area contributed by atoms with E-state index in [0.717, 1.165) is 37.4 Å². The summed E-state index contributed by atoms with van der Waals surface area (Å²) in [5.74, 6) is 0.866. The Balaban J connectivity index is 1.51. The van der Waals surface area contributed by atoms with Crippen LogP contribution in [0.5, 0.6) is 0 Å². The zero-order valence-corrected chi connectivity index (χ0v) is 14.1. The Bertz CT molecular complexity index is 688. The van der Waals surface area contributed by atoms with Crippen molar-refractivity contribution in [2.75, 3.05) is 13.2 Å². The summed E-state index contributed by atoms with van der Waals surface area (Å²) in [5.41, 5.74) is 1.71. The van der Waals surface area contributed by atoms with E-state index in [1.165, 1.54) is 0 Å². The van der Waals surface area contributed by atoms with Crippen molar-refractivity contribution in [2.45, 2.75) is 52.2 Å². The number of hydrogen-bond donors (Lipinski definition) is 1. The molecule has 0 radical (unpaired) electrons. The quantitative estimate of drug-likeness (QED) is 0.825. The van der Waals surface area contributed by atoms with E-state index in [1.807, 2.05) is 24.6 Å². The zero-order valence-electron chi connectivity index (χ0n) is 14.1. The van der Waals surface area contributed by atoms with Crippen LogP contribution in [0.25, 0.3) is 11.6 Å². The van der Waals surface area contributed by atoms with Crippen molar-refractivity contribution in [1.82, 2.24) is 25.3 Å². The highest BCUT2D eigenvalue weighted by molar-refractivity contribution is 5.76. The highest BCUT2D eigenvalue weighted by Crippen LogP contribution is 2.19. The molecule has 130 valence electrons. The first-order valence-electron chi connectivity index (χ1n) is 8.41. The van der Waals surface area contributed by atoms with Crippen LogP contribution in [0.1, 0.15) is 37.8 Å². The van der Waals surface area contributed by atoms with Crippen LogP contribution >= 0.6 is 0 Å². The van der Waals surface area contributed by atoms with Gasteiger partial charge >= 0.3 is 0 Å². The number of ether oxygens (including phenoxy) is 1. The van der Waals surface area contributed by atoms with Gasteiger partial charge in [-0.3, -0.25) is 9.48 Å². The lowest BCUT2D eigenvalue weighted by atomic mass is 10.2. The highest BCUT2D eigenvalue weighted by atomic mass is 16.5. The third-order valence-corrected chi connectivity index (χ3v) is 4.00. The van der Waals surface area contributed by atoms with Crippen molar-refractivity contribution >= 4 is 5.91 Å². The molecule has 1 amide bonds. The summed E-state index contributed by atoms with van der Waals surface area (Å²) >= 11 is 0. The lowest BCUT2D eigenvalue weighted by Gasteiger charge is -2.10. The molecule has 24 heavy (non-hydrogen) atoms. The molecular weight excluding hydrogens is 310 g/mol. The van der Waals surface area contributed by atoms with Gasteiger partial charge < -0.3 is 14.5 Å². The van der Waals surface area contributed by atoms with Crippen LogP contribution in [-0.2, 0) is 22.5 Å². The SMILES string of the molecule is CCn1nc(C)cc1-c1nnc(CCC(=O)NCC2CCCO2)o1. The molecule has 2 aromatic rings. The summed E-state index contributed by atoms with van der Waals surface area (Å²) in [6.07, 6.45) is 2.97. The molecule has 0 aromatic carbocycles. The van der Waals surface area contributed by atoms with E-state index in [1.54, 1.807) is 0 Å². The van der Waals surface area contributed by atoms with Crippen LogP contribution in [0.2, 0.25) is 0 Å². The number of carbonyl (C=O) groups is 1. The van der Waals surface area contributed by atoms with E-state index >= 15 is 0 Å². The van der Waals surface area contributed by atoms with Gasteiger partial charge in [0.15, 0.2) is 0 Å². The smallest absolute Gasteiger partial charge is 0.265 e. The number of rotatable bonds is 7. The molecule has 1 N–H and O–H groups in total. The lowest BCUT2D eigenvalue weighted by Crippen LogP contribution is -2.31. The third kappa shape index (κ3) is 4.00. The predicted molar refractivity (Wildman–Crippen MR) is 86.2 cm³/mol. The van der Waals surface area contributed by atoms with Gasteiger partial charge in [0.25, 0.3) is 5.89 Å². The van der Waals surface area contributed by atoms with Crippen molar-refractivity contribution in [3.8, 4) is 11.6 Å². The Morgan fingerprint density at radius 3 is 3.08 bits per heavy atom. The number of hydrogen-bond acceptors (Lipinski definition) is 6. The van der Waals surface area contributed by atoms with Crippen LogP contribution in [0.4, 0.5) is 0 Å². The van der Waals surface area contributed by atoms with Crippen molar-refractivity contribution in [1.29, 1.82) is 0 Å². The molecule has 0 spiro atoms. The largest absolute Gasteiger partial charge is 0.419 e. The molecule has 1 saturated heterocycles. The molecule has 0 aliphatic carbocycles. The van der Waals surface area contributed by atoms with Gasteiger partial charge in [0.05, 0.1) is 11.8 Å². The van der Waals surface area contributed by atoms with Crippen LogP contribution in [0.15, 0.2) is 10.5 Å². The predicted octanol–water partition coefficient (Wildman–Crippen LogP) is 1.49. The van der Waals surface area contributed by atoms with Crippen molar-refractivity contribution in [3.63, 3.8) is 0 Å². The minimum absolute atomic E-state index is 0.0281. The summed E-state index contributed by atoms with van der Waals surface area (Å²) in [6.45, 7) is 6.02. The van der Waals surface area contributed by atoms with E-state index in [-0.39, 0.29) is 12.0 Å². The summed E-state index contributed by atoms with van der Waals surface area (Å²) < 4.78 is 13.0. The molecule has 1 atom stereocenters. The number of carbonyl (C=O) groups excluding carboxylic acids is 1. The molecule has 0 saturated carbocycles. The Morgan fingerprint density at radius 1 is 1.46 bits per heavy atom.